The molecule has 0 saturated heterocycles. The summed E-state index contributed by atoms with van der Waals surface area (Å²) in [6, 6.07) is 17.5. The second-order valence-corrected chi connectivity index (χ2v) is 5.59. The Hall–Kier alpha value is -2.15. The van der Waals surface area contributed by atoms with E-state index < -0.39 is 0 Å². The Bertz CT molecular complexity index is 800. The van der Waals surface area contributed by atoms with E-state index in [0.29, 0.717) is 0 Å². The molecule has 0 aliphatic rings. The van der Waals surface area contributed by atoms with Crippen molar-refractivity contribution >= 4 is 10.9 Å². The summed E-state index contributed by atoms with van der Waals surface area (Å²) >= 11 is 0. The van der Waals surface area contributed by atoms with Crippen LogP contribution < -0.4 is 4.57 Å². The number of rotatable bonds is 1. The van der Waals surface area contributed by atoms with Crippen LogP contribution >= 0.6 is 0 Å². The highest BCUT2D eigenvalue weighted by Crippen LogP contribution is 2.26. The Morgan fingerprint density at radius 2 is 1.60 bits per heavy atom. The molecule has 0 bridgehead atoms. The summed E-state index contributed by atoms with van der Waals surface area (Å²) in [4.78, 5) is 0. The van der Waals surface area contributed by atoms with Gasteiger partial charge in [0.2, 0.25) is 11.2 Å². The molecular weight excluding hydrogens is 242 g/mol. The Morgan fingerprint density at radius 3 is 2.40 bits per heavy atom. The fourth-order valence-electron chi connectivity index (χ4n) is 2.92. The van der Waals surface area contributed by atoms with Crippen LogP contribution in [0.15, 0.2) is 48.5 Å². The standard InChI is InChI=1S/C19H20N/c1-13-11-14(2)15(3)17(12-13)19-10-9-16-7-5-6-8-18(16)20(19)4/h5-12H,1-4H3/q+1. The van der Waals surface area contributed by atoms with Gasteiger partial charge in [-0.25, -0.2) is 0 Å². The van der Waals surface area contributed by atoms with E-state index in [2.05, 4.69) is 80.9 Å². The number of benzene rings is 2. The zero-order valence-electron chi connectivity index (χ0n) is 12.6. The van der Waals surface area contributed by atoms with Crippen molar-refractivity contribution < 1.29 is 4.57 Å². The van der Waals surface area contributed by atoms with E-state index in [0.717, 1.165) is 0 Å². The van der Waals surface area contributed by atoms with Gasteiger partial charge in [0.25, 0.3) is 0 Å². The maximum Gasteiger partial charge on any atom is 0.213 e. The van der Waals surface area contributed by atoms with Crippen LogP contribution in [0.3, 0.4) is 0 Å². The van der Waals surface area contributed by atoms with E-state index in [4.69, 9.17) is 0 Å². The van der Waals surface area contributed by atoms with Crippen molar-refractivity contribution in [3.8, 4) is 11.3 Å². The van der Waals surface area contributed by atoms with Gasteiger partial charge >= 0.3 is 0 Å². The van der Waals surface area contributed by atoms with Crippen molar-refractivity contribution in [2.45, 2.75) is 20.8 Å². The molecule has 0 spiro atoms. The van der Waals surface area contributed by atoms with Crippen LogP contribution in [0.2, 0.25) is 0 Å². The number of nitrogens with zero attached hydrogens (tertiary/aromatic N) is 1. The minimum absolute atomic E-state index is 1.27. The van der Waals surface area contributed by atoms with Crippen LogP contribution in [-0.2, 0) is 7.05 Å². The molecule has 0 saturated carbocycles. The molecule has 0 aliphatic carbocycles. The average Bonchev–Trinajstić information content (AvgIpc) is 2.44. The molecule has 0 aliphatic heterocycles. The summed E-state index contributed by atoms with van der Waals surface area (Å²) in [5.74, 6) is 0. The van der Waals surface area contributed by atoms with E-state index in [9.17, 15) is 0 Å². The van der Waals surface area contributed by atoms with Gasteiger partial charge < -0.3 is 0 Å². The lowest BCUT2D eigenvalue weighted by Gasteiger charge is -2.10. The minimum Gasteiger partial charge on any atom is -0.194 e. The molecule has 1 nitrogen and oxygen atoms in total. The van der Waals surface area contributed by atoms with Gasteiger partial charge in [0.1, 0.15) is 7.05 Å². The zero-order valence-corrected chi connectivity index (χ0v) is 12.6. The second-order valence-electron chi connectivity index (χ2n) is 5.59. The third-order valence-corrected chi connectivity index (χ3v) is 4.17. The minimum atomic E-state index is 1.27. The second kappa shape index (κ2) is 4.75. The predicted molar refractivity (Wildman–Crippen MR) is 84.8 cm³/mol. The highest BCUT2D eigenvalue weighted by Gasteiger charge is 2.16. The molecule has 0 unspecified atom stereocenters. The third-order valence-electron chi connectivity index (χ3n) is 4.17. The molecule has 0 amide bonds. The van der Waals surface area contributed by atoms with E-state index in [1.165, 1.54) is 38.9 Å². The van der Waals surface area contributed by atoms with Crippen molar-refractivity contribution in [3.05, 3.63) is 65.2 Å². The normalized spacial score (nSPS) is 11.0. The highest BCUT2D eigenvalue weighted by atomic mass is 14.9. The Labute approximate surface area is 120 Å². The first-order chi connectivity index (χ1) is 9.58. The molecule has 0 atom stereocenters. The third kappa shape index (κ3) is 2.00. The van der Waals surface area contributed by atoms with Crippen LogP contribution in [0.25, 0.3) is 22.2 Å². The van der Waals surface area contributed by atoms with E-state index in [1.54, 1.807) is 0 Å². The molecule has 0 radical (unpaired) electrons. The fourth-order valence-corrected chi connectivity index (χ4v) is 2.92. The number of fused-ring (bicyclic) bond motifs is 1. The Balaban J connectivity index is 2.33. The molecule has 3 aromatic rings. The molecule has 100 valence electrons. The van der Waals surface area contributed by atoms with Gasteiger partial charge in [-0.05, 0) is 50.1 Å². The molecule has 1 aromatic heterocycles. The SMILES string of the molecule is Cc1cc(C)c(C)c(-c2ccc3ccccc3[n+]2C)c1. The fraction of sp³-hybridized carbons (Fsp3) is 0.211. The summed E-state index contributed by atoms with van der Waals surface area (Å²) in [7, 11) is 2.15. The van der Waals surface area contributed by atoms with E-state index >= 15 is 0 Å². The molecule has 0 N–H and O–H groups in total. The van der Waals surface area contributed by atoms with Crippen molar-refractivity contribution in [1.82, 2.24) is 0 Å². The van der Waals surface area contributed by atoms with Crippen LogP contribution in [0, 0.1) is 20.8 Å². The number of hydrogen-bond acceptors (Lipinski definition) is 0. The zero-order chi connectivity index (χ0) is 14.3. The average molecular weight is 262 g/mol. The van der Waals surface area contributed by atoms with E-state index in [1.807, 2.05) is 0 Å². The lowest BCUT2D eigenvalue weighted by Crippen LogP contribution is -2.32. The Morgan fingerprint density at radius 1 is 0.850 bits per heavy atom. The van der Waals surface area contributed by atoms with Gasteiger partial charge in [-0.15, -0.1) is 0 Å². The van der Waals surface area contributed by atoms with Crippen LogP contribution in [0.5, 0.6) is 0 Å². The van der Waals surface area contributed by atoms with E-state index in [-0.39, 0.29) is 0 Å². The maximum atomic E-state index is 2.29. The summed E-state index contributed by atoms with van der Waals surface area (Å²) in [5, 5.41) is 1.28. The lowest BCUT2D eigenvalue weighted by atomic mass is 9.97. The first-order valence-corrected chi connectivity index (χ1v) is 7.04. The number of aromatic nitrogens is 1. The van der Waals surface area contributed by atoms with Crippen LogP contribution in [0.4, 0.5) is 0 Å². The number of para-hydroxylation sites is 1. The quantitative estimate of drug-likeness (QED) is 0.577. The number of hydrogen-bond donors (Lipinski definition) is 0. The molecule has 1 heterocycles. The molecule has 3 rings (SSSR count). The summed E-state index contributed by atoms with van der Waals surface area (Å²) in [5.41, 5.74) is 7.90. The van der Waals surface area contributed by atoms with Crippen molar-refractivity contribution in [2.24, 2.45) is 7.05 Å². The molecule has 2 aromatic carbocycles. The summed E-state index contributed by atoms with van der Waals surface area (Å²) in [6.45, 7) is 6.56. The monoisotopic (exact) mass is 262 g/mol. The topological polar surface area (TPSA) is 3.88 Å². The van der Waals surface area contributed by atoms with Gasteiger partial charge in [0, 0.05) is 23.1 Å². The summed E-state index contributed by atoms with van der Waals surface area (Å²) in [6.07, 6.45) is 0. The van der Waals surface area contributed by atoms with Crippen molar-refractivity contribution in [1.29, 1.82) is 0 Å². The number of aryl methyl sites for hydroxylation is 3. The number of pyridine rings is 1. The smallest absolute Gasteiger partial charge is 0.194 e. The van der Waals surface area contributed by atoms with Crippen molar-refractivity contribution in [2.75, 3.05) is 0 Å². The first-order valence-electron chi connectivity index (χ1n) is 7.04. The van der Waals surface area contributed by atoms with Crippen LogP contribution in [0.1, 0.15) is 16.7 Å². The maximum absolute atomic E-state index is 2.29. The van der Waals surface area contributed by atoms with Gasteiger partial charge in [-0.1, -0.05) is 23.8 Å². The van der Waals surface area contributed by atoms with Gasteiger partial charge in [0.05, 0.1) is 0 Å². The molecular formula is C19H20N+. The van der Waals surface area contributed by atoms with Crippen LogP contribution in [-0.4, -0.2) is 0 Å². The summed E-state index contributed by atoms with van der Waals surface area (Å²) < 4.78 is 2.29. The van der Waals surface area contributed by atoms with Gasteiger partial charge in [-0.2, -0.15) is 4.57 Å². The van der Waals surface area contributed by atoms with Gasteiger partial charge in [0.15, 0.2) is 0 Å². The predicted octanol–water partition coefficient (Wildman–Crippen LogP) is 4.26. The first kappa shape index (κ1) is 12.9. The van der Waals surface area contributed by atoms with Crippen molar-refractivity contribution in [3.63, 3.8) is 0 Å². The molecule has 1 heteroatoms. The largest absolute Gasteiger partial charge is 0.213 e. The highest BCUT2D eigenvalue weighted by molar-refractivity contribution is 5.78. The van der Waals surface area contributed by atoms with Gasteiger partial charge in [-0.3, -0.25) is 0 Å². The lowest BCUT2D eigenvalue weighted by molar-refractivity contribution is -0.633. The Kier molecular flexibility index (Phi) is 3.06. The molecule has 0 fully saturated rings. The molecule has 20 heavy (non-hydrogen) atoms.